The Hall–Kier alpha value is -3.36. The maximum absolute atomic E-state index is 13.3. The molecule has 0 atom stereocenters. The van der Waals surface area contributed by atoms with Crippen LogP contribution in [0.4, 0.5) is 5.69 Å². The van der Waals surface area contributed by atoms with Crippen molar-refractivity contribution in [3.8, 4) is 11.5 Å². The summed E-state index contributed by atoms with van der Waals surface area (Å²) in [6.07, 6.45) is 4.71. The van der Waals surface area contributed by atoms with Gasteiger partial charge in [-0.3, -0.25) is 14.2 Å². The van der Waals surface area contributed by atoms with Gasteiger partial charge in [0.1, 0.15) is 10.6 Å². The molecule has 1 aliphatic rings. The van der Waals surface area contributed by atoms with Crippen molar-refractivity contribution in [1.82, 2.24) is 9.55 Å². The van der Waals surface area contributed by atoms with Crippen molar-refractivity contribution in [3.05, 3.63) is 88.0 Å². The summed E-state index contributed by atoms with van der Waals surface area (Å²) >= 11 is 2.85. The zero-order valence-electron chi connectivity index (χ0n) is 18.5. The molecule has 0 bridgehead atoms. The lowest BCUT2D eigenvalue weighted by Crippen LogP contribution is -2.24. The van der Waals surface area contributed by atoms with Crippen LogP contribution in [-0.2, 0) is 24.2 Å². The highest BCUT2D eigenvalue weighted by Gasteiger charge is 2.23. The second kappa shape index (κ2) is 9.87. The first kappa shape index (κ1) is 22.4. The molecule has 1 N–H and O–H groups in total. The molecule has 4 aromatic rings. The summed E-state index contributed by atoms with van der Waals surface area (Å²) in [4.78, 5) is 32.9. The molecule has 0 radical (unpaired) electrons. The van der Waals surface area contributed by atoms with Crippen LogP contribution >= 0.6 is 23.1 Å². The average molecular weight is 490 g/mol. The third kappa shape index (κ3) is 4.51. The number of allylic oxidation sites excluding steroid dienone is 1. The fraction of sp³-hybridized carbons (Fsp3) is 0.192. The van der Waals surface area contributed by atoms with E-state index in [0.717, 1.165) is 35.0 Å². The lowest BCUT2D eigenvalue weighted by Gasteiger charge is -2.13. The molecule has 5 rings (SSSR count). The van der Waals surface area contributed by atoms with E-state index in [9.17, 15) is 9.59 Å². The van der Waals surface area contributed by atoms with E-state index in [1.807, 2.05) is 48.5 Å². The zero-order valence-corrected chi connectivity index (χ0v) is 20.1. The van der Waals surface area contributed by atoms with E-state index in [0.29, 0.717) is 28.9 Å². The number of anilines is 1. The molecule has 2 aromatic carbocycles. The van der Waals surface area contributed by atoms with Gasteiger partial charge >= 0.3 is 0 Å². The van der Waals surface area contributed by atoms with E-state index in [1.165, 1.54) is 16.6 Å². The number of carbonyl (C=O) groups excluding carboxylic acids is 1. The van der Waals surface area contributed by atoms with Crippen molar-refractivity contribution in [2.75, 3.05) is 11.1 Å². The lowest BCUT2D eigenvalue weighted by molar-refractivity contribution is -0.113. The van der Waals surface area contributed by atoms with Crippen molar-refractivity contribution < 1.29 is 9.53 Å². The molecule has 2 aromatic heterocycles. The van der Waals surface area contributed by atoms with Gasteiger partial charge in [-0.25, -0.2) is 4.98 Å². The SMILES string of the molecule is C=CCn1c(SCC(=O)Nc2ccccc2Oc2ccccc2)nc2sc3c(c2c1=O)CCC3. The number of nitrogens with one attached hydrogen (secondary N) is 1. The fourth-order valence-electron chi connectivity index (χ4n) is 4.05. The lowest BCUT2D eigenvalue weighted by atomic mass is 10.2. The molecule has 0 unspecified atom stereocenters. The first-order valence-electron chi connectivity index (χ1n) is 11.0. The normalized spacial score (nSPS) is 12.5. The standard InChI is InChI=1S/C26H23N3O3S2/c1-2-15-29-25(31)23-18-11-8-14-21(18)34-24(23)28-26(29)33-16-22(30)27-19-12-6-7-13-20(19)32-17-9-4-3-5-10-17/h2-7,9-10,12-13H,1,8,11,14-16H2,(H,27,30). The summed E-state index contributed by atoms with van der Waals surface area (Å²) in [5.41, 5.74) is 1.69. The first-order chi connectivity index (χ1) is 16.6. The maximum atomic E-state index is 13.3. The molecular weight excluding hydrogens is 466 g/mol. The van der Waals surface area contributed by atoms with Gasteiger partial charge in [0.15, 0.2) is 10.9 Å². The van der Waals surface area contributed by atoms with Crippen molar-refractivity contribution in [2.45, 2.75) is 31.0 Å². The fourth-order valence-corrected chi connectivity index (χ4v) is 6.16. The number of nitrogens with zero attached hydrogens (tertiary/aromatic N) is 2. The minimum absolute atomic E-state index is 0.0474. The van der Waals surface area contributed by atoms with Gasteiger partial charge in [0.2, 0.25) is 5.91 Å². The second-order valence-electron chi connectivity index (χ2n) is 7.88. The van der Waals surface area contributed by atoms with Crippen molar-refractivity contribution in [3.63, 3.8) is 0 Å². The van der Waals surface area contributed by atoms with E-state index in [-0.39, 0.29) is 17.2 Å². The molecule has 0 aliphatic heterocycles. The number of thioether (sulfide) groups is 1. The summed E-state index contributed by atoms with van der Waals surface area (Å²) in [5, 5.41) is 4.18. The second-order valence-corrected chi connectivity index (χ2v) is 9.91. The van der Waals surface area contributed by atoms with Crippen molar-refractivity contribution in [2.24, 2.45) is 0 Å². The summed E-state index contributed by atoms with van der Waals surface area (Å²) in [5.74, 6) is 1.15. The summed E-state index contributed by atoms with van der Waals surface area (Å²) in [7, 11) is 0. The average Bonchev–Trinajstić information content (AvgIpc) is 3.43. The Bertz CT molecular complexity index is 1430. The summed E-state index contributed by atoms with van der Waals surface area (Å²) < 4.78 is 7.54. The zero-order chi connectivity index (χ0) is 23.5. The molecule has 172 valence electrons. The maximum Gasteiger partial charge on any atom is 0.263 e. The molecule has 6 nitrogen and oxygen atoms in total. The van der Waals surface area contributed by atoms with Crippen LogP contribution in [0.15, 0.2) is 77.2 Å². The highest BCUT2D eigenvalue weighted by molar-refractivity contribution is 7.99. The Labute approximate surface area is 205 Å². The number of para-hydroxylation sites is 3. The van der Waals surface area contributed by atoms with Crippen molar-refractivity contribution >= 4 is 44.9 Å². The molecule has 34 heavy (non-hydrogen) atoms. The number of hydrogen-bond acceptors (Lipinski definition) is 6. The van der Waals surface area contributed by atoms with Gasteiger partial charge < -0.3 is 10.1 Å². The van der Waals surface area contributed by atoms with Gasteiger partial charge in [0.05, 0.1) is 16.8 Å². The van der Waals surface area contributed by atoms with Crippen LogP contribution in [0, 0.1) is 0 Å². The monoisotopic (exact) mass is 489 g/mol. The van der Waals surface area contributed by atoms with Crippen LogP contribution in [0.5, 0.6) is 11.5 Å². The Morgan fingerprint density at radius 1 is 1.18 bits per heavy atom. The van der Waals surface area contributed by atoms with E-state index in [1.54, 1.807) is 28.0 Å². The number of thiophene rings is 1. The largest absolute Gasteiger partial charge is 0.455 e. The molecule has 2 heterocycles. The van der Waals surface area contributed by atoms with Crippen LogP contribution in [0.3, 0.4) is 0 Å². The van der Waals surface area contributed by atoms with Gasteiger partial charge in [-0.1, -0.05) is 48.2 Å². The van der Waals surface area contributed by atoms with Gasteiger partial charge in [0, 0.05) is 11.4 Å². The van der Waals surface area contributed by atoms with E-state index in [2.05, 4.69) is 11.9 Å². The van der Waals surface area contributed by atoms with Gasteiger partial charge in [0.25, 0.3) is 5.56 Å². The number of fused-ring (bicyclic) bond motifs is 3. The Kier molecular flexibility index (Phi) is 6.51. The van der Waals surface area contributed by atoms with E-state index in [4.69, 9.17) is 9.72 Å². The van der Waals surface area contributed by atoms with E-state index >= 15 is 0 Å². The minimum atomic E-state index is -0.206. The number of ether oxygens (including phenoxy) is 1. The van der Waals surface area contributed by atoms with Crippen LogP contribution in [0.25, 0.3) is 10.2 Å². The van der Waals surface area contributed by atoms with Gasteiger partial charge in [-0.2, -0.15) is 0 Å². The minimum Gasteiger partial charge on any atom is -0.455 e. The van der Waals surface area contributed by atoms with Crippen LogP contribution < -0.4 is 15.6 Å². The Balaban J connectivity index is 1.34. The predicted molar refractivity (Wildman–Crippen MR) is 138 cm³/mol. The predicted octanol–water partition coefficient (Wildman–Crippen LogP) is 5.66. The van der Waals surface area contributed by atoms with Crippen LogP contribution in [-0.4, -0.2) is 21.2 Å². The number of hydrogen-bond donors (Lipinski definition) is 1. The third-order valence-corrected chi connectivity index (χ3v) is 7.73. The highest BCUT2D eigenvalue weighted by Crippen LogP contribution is 2.36. The number of carbonyl (C=O) groups is 1. The van der Waals surface area contributed by atoms with Crippen LogP contribution in [0.2, 0.25) is 0 Å². The Morgan fingerprint density at radius 3 is 2.79 bits per heavy atom. The number of benzene rings is 2. The number of aromatic nitrogens is 2. The molecule has 0 saturated carbocycles. The number of rotatable bonds is 8. The smallest absolute Gasteiger partial charge is 0.263 e. The quantitative estimate of drug-likeness (QED) is 0.197. The van der Waals surface area contributed by atoms with Gasteiger partial charge in [-0.05, 0) is 49.1 Å². The molecule has 0 saturated heterocycles. The molecular formula is C26H23N3O3S2. The van der Waals surface area contributed by atoms with Crippen LogP contribution in [0.1, 0.15) is 16.9 Å². The van der Waals surface area contributed by atoms with Gasteiger partial charge in [-0.15, -0.1) is 17.9 Å². The molecule has 1 amide bonds. The molecule has 1 aliphatic carbocycles. The highest BCUT2D eigenvalue weighted by atomic mass is 32.2. The number of amides is 1. The topological polar surface area (TPSA) is 73.2 Å². The first-order valence-corrected chi connectivity index (χ1v) is 12.8. The third-order valence-electron chi connectivity index (χ3n) is 5.57. The molecule has 8 heteroatoms. The summed E-state index contributed by atoms with van der Waals surface area (Å²) in [6, 6.07) is 16.7. The van der Waals surface area contributed by atoms with Crippen molar-refractivity contribution in [1.29, 1.82) is 0 Å². The molecule has 0 spiro atoms. The molecule has 0 fully saturated rings. The number of aryl methyl sites for hydroxylation is 2. The van der Waals surface area contributed by atoms with E-state index < -0.39 is 0 Å². The summed E-state index contributed by atoms with van der Waals surface area (Å²) in [6.45, 7) is 4.14. The Morgan fingerprint density at radius 2 is 1.97 bits per heavy atom.